The second kappa shape index (κ2) is 6.70. The van der Waals surface area contributed by atoms with Crippen molar-refractivity contribution in [1.82, 2.24) is 9.97 Å². The summed E-state index contributed by atoms with van der Waals surface area (Å²) in [5.41, 5.74) is 5.86. The van der Waals surface area contributed by atoms with Crippen molar-refractivity contribution in [3.63, 3.8) is 0 Å². The summed E-state index contributed by atoms with van der Waals surface area (Å²) in [5, 5.41) is 0. The molecule has 0 fully saturated rings. The van der Waals surface area contributed by atoms with Crippen LogP contribution < -0.4 is 15.5 Å². The molecule has 0 bridgehead atoms. The lowest BCUT2D eigenvalue weighted by Gasteiger charge is -2.30. The summed E-state index contributed by atoms with van der Waals surface area (Å²) in [7, 11) is 2.05. The Balaban J connectivity index is 2.86. The van der Waals surface area contributed by atoms with Crippen molar-refractivity contribution in [2.75, 3.05) is 43.0 Å². The molecule has 2 N–H and O–H groups in total. The normalized spacial score (nSPS) is 11.5. The first-order valence-corrected chi connectivity index (χ1v) is 6.91. The lowest BCUT2D eigenvalue weighted by atomic mass is 9.93. The molecule has 0 atom stereocenters. The maximum atomic E-state index is 5.79. The fourth-order valence-corrected chi connectivity index (χ4v) is 2.05. The van der Waals surface area contributed by atoms with E-state index in [9.17, 15) is 0 Å². The fraction of sp³-hybridized carbons (Fsp3) is 0.714. The highest BCUT2D eigenvalue weighted by Gasteiger charge is 2.19. The topological polar surface area (TPSA) is 58.3 Å². The van der Waals surface area contributed by atoms with Crippen LogP contribution in [0.4, 0.5) is 11.6 Å². The summed E-state index contributed by atoms with van der Waals surface area (Å²) in [6, 6.07) is 2.04. The number of nitrogens with zero attached hydrogens (tertiary/aromatic N) is 4. The number of nitrogens with two attached hydrogens (primary N) is 1. The first-order valence-electron chi connectivity index (χ1n) is 6.91. The highest BCUT2D eigenvalue weighted by atomic mass is 15.2. The second-order valence-electron chi connectivity index (χ2n) is 5.63. The van der Waals surface area contributed by atoms with Crippen LogP contribution in [0, 0.1) is 5.41 Å². The average molecular weight is 265 g/mol. The van der Waals surface area contributed by atoms with Crippen LogP contribution in [0.2, 0.25) is 0 Å². The minimum Gasteiger partial charge on any atom is -0.359 e. The SMILES string of the molecule is CCN(CC)c1cc(N(C)CC(C)(C)CN)ncn1. The van der Waals surface area contributed by atoms with E-state index in [0.29, 0.717) is 6.54 Å². The monoisotopic (exact) mass is 265 g/mol. The van der Waals surface area contributed by atoms with E-state index in [1.165, 1.54) is 0 Å². The summed E-state index contributed by atoms with van der Waals surface area (Å²) < 4.78 is 0. The van der Waals surface area contributed by atoms with E-state index in [2.05, 4.69) is 47.5 Å². The first kappa shape index (κ1) is 15.7. The van der Waals surface area contributed by atoms with Crippen molar-refractivity contribution in [3.8, 4) is 0 Å². The molecule has 0 saturated carbocycles. The summed E-state index contributed by atoms with van der Waals surface area (Å²) in [5.74, 6) is 1.92. The van der Waals surface area contributed by atoms with Crippen molar-refractivity contribution >= 4 is 11.6 Å². The van der Waals surface area contributed by atoms with Crippen LogP contribution in [-0.4, -0.2) is 43.2 Å². The quantitative estimate of drug-likeness (QED) is 0.814. The second-order valence-corrected chi connectivity index (χ2v) is 5.63. The van der Waals surface area contributed by atoms with Crippen molar-refractivity contribution in [2.45, 2.75) is 27.7 Å². The van der Waals surface area contributed by atoms with Gasteiger partial charge in [-0.05, 0) is 25.8 Å². The molecule has 5 heteroatoms. The van der Waals surface area contributed by atoms with Crippen molar-refractivity contribution in [1.29, 1.82) is 0 Å². The lowest BCUT2D eigenvalue weighted by molar-refractivity contribution is 0.384. The molecular weight excluding hydrogens is 238 g/mol. The van der Waals surface area contributed by atoms with Gasteiger partial charge in [-0.25, -0.2) is 9.97 Å². The van der Waals surface area contributed by atoms with Gasteiger partial charge in [-0.15, -0.1) is 0 Å². The molecule has 0 aromatic carbocycles. The number of anilines is 2. The first-order chi connectivity index (χ1) is 8.93. The smallest absolute Gasteiger partial charge is 0.134 e. The molecule has 1 aromatic rings. The van der Waals surface area contributed by atoms with Crippen LogP contribution >= 0.6 is 0 Å². The Kier molecular flexibility index (Phi) is 5.54. The van der Waals surface area contributed by atoms with Crippen LogP contribution in [0.5, 0.6) is 0 Å². The van der Waals surface area contributed by atoms with Crippen LogP contribution in [-0.2, 0) is 0 Å². The molecule has 1 aromatic heterocycles. The maximum absolute atomic E-state index is 5.79. The Hall–Kier alpha value is -1.36. The number of hydrogen-bond donors (Lipinski definition) is 1. The van der Waals surface area contributed by atoms with Gasteiger partial charge in [0.15, 0.2) is 0 Å². The number of hydrogen-bond acceptors (Lipinski definition) is 5. The van der Waals surface area contributed by atoms with E-state index in [0.717, 1.165) is 31.3 Å². The minimum absolute atomic E-state index is 0.0784. The Bertz CT molecular complexity index is 387. The van der Waals surface area contributed by atoms with Crippen molar-refractivity contribution in [3.05, 3.63) is 12.4 Å². The molecule has 0 spiro atoms. The largest absolute Gasteiger partial charge is 0.359 e. The summed E-state index contributed by atoms with van der Waals surface area (Å²) in [4.78, 5) is 13.1. The zero-order valence-corrected chi connectivity index (χ0v) is 12.8. The summed E-state index contributed by atoms with van der Waals surface area (Å²) >= 11 is 0. The molecule has 0 amide bonds. The number of aromatic nitrogens is 2. The predicted octanol–water partition coefficient (Wildman–Crippen LogP) is 1.74. The van der Waals surface area contributed by atoms with E-state index in [4.69, 9.17) is 5.73 Å². The van der Waals surface area contributed by atoms with Gasteiger partial charge in [-0.3, -0.25) is 0 Å². The van der Waals surface area contributed by atoms with Gasteiger partial charge in [-0.2, -0.15) is 0 Å². The van der Waals surface area contributed by atoms with Crippen LogP contribution in [0.25, 0.3) is 0 Å². The van der Waals surface area contributed by atoms with Gasteiger partial charge in [0.1, 0.15) is 18.0 Å². The zero-order valence-electron chi connectivity index (χ0n) is 12.8. The predicted molar refractivity (Wildman–Crippen MR) is 81.7 cm³/mol. The van der Waals surface area contributed by atoms with Gasteiger partial charge in [0.2, 0.25) is 0 Å². The highest BCUT2D eigenvalue weighted by molar-refractivity contribution is 5.49. The Morgan fingerprint density at radius 3 is 2.26 bits per heavy atom. The fourth-order valence-electron chi connectivity index (χ4n) is 2.05. The third-order valence-corrected chi connectivity index (χ3v) is 3.33. The van der Waals surface area contributed by atoms with Gasteiger partial charge in [0.05, 0.1) is 0 Å². The van der Waals surface area contributed by atoms with E-state index >= 15 is 0 Å². The summed E-state index contributed by atoms with van der Waals surface area (Å²) in [6.07, 6.45) is 1.63. The number of rotatable bonds is 7. The van der Waals surface area contributed by atoms with Gasteiger partial charge < -0.3 is 15.5 Å². The highest BCUT2D eigenvalue weighted by Crippen LogP contribution is 2.21. The van der Waals surface area contributed by atoms with E-state index in [1.807, 2.05) is 13.1 Å². The van der Waals surface area contributed by atoms with Gasteiger partial charge >= 0.3 is 0 Å². The molecule has 0 radical (unpaired) electrons. The van der Waals surface area contributed by atoms with E-state index in [-0.39, 0.29) is 5.41 Å². The Morgan fingerprint density at radius 1 is 1.16 bits per heavy atom. The average Bonchev–Trinajstić information content (AvgIpc) is 2.40. The standard InChI is InChI=1S/C14H27N5/c1-6-19(7-2)13-8-12(16-11-17-13)18(5)10-14(3,4)9-15/h8,11H,6-7,9-10,15H2,1-5H3. The third-order valence-electron chi connectivity index (χ3n) is 3.33. The Morgan fingerprint density at radius 2 is 1.74 bits per heavy atom. The van der Waals surface area contributed by atoms with E-state index < -0.39 is 0 Å². The lowest BCUT2D eigenvalue weighted by Crippen LogP contribution is -2.37. The molecule has 0 unspecified atom stereocenters. The van der Waals surface area contributed by atoms with Gasteiger partial charge in [0.25, 0.3) is 0 Å². The van der Waals surface area contributed by atoms with Crippen molar-refractivity contribution < 1.29 is 0 Å². The molecule has 1 rings (SSSR count). The molecule has 0 aliphatic heterocycles. The van der Waals surface area contributed by atoms with E-state index in [1.54, 1.807) is 6.33 Å². The molecule has 5 nitrogen and oxygen atoms in total. The van der Waals surface area contributed by atoms with Crippen LogP contribution in [0.3, 0.4) is 0 Å². The molecule has 19 heavy (non-hydrogen) atoms. The molecular formula is C14H27N5. The molecule has 0 aliphatic carbocycles. The Labute approximate surface area is 116 Å². The van der Waals surface area contributed by atoms with Crippen LogP contribution in [0.15, 0.2) is 12.4 Å². The molecule has 1 heterocycles. The maximum Gasteiger partial charge on any atom is 0.134 e. The zero-order chi connectivity index (χ0) is 14.5. The van der Waals surface area contributed by atoms with Crippen molar-refractivity contribution in [2.24, 2.45) is 11.1 Å². The summed E-state index contributed by atoms with van der Waals surface area (Å²) in [6.45, 7) is 12.0. The minimum atomic E-state index is 0.0784. The van der Waals surface area contributed by atoms with Gasteiger partial charge in [-0.1, -0.05) is 13.8 Å². The molecule has 0 saturated heterocycles. The van der Waals surface area contributed by atoms with Crippen LogP contribution in [0.1, 0.15) is 27.7 Å². The van der Waals surface area contributed by atoms with Gasteiger partial charge in [0, 0.05) is 32.7 Å². The molecule has 0 aliphatic rings. The third kappa shape index (κ3) is 4.35. The molecule has 108 valence electrons.